The van der Waals surface area contributed by atoms with Crippen LogP contribution in [-0.2, 0) is 25.0 Å². The molecule has 2 nitrogen and oxygen atoms in total. The molecule has 0 spiro atoms. The quantitative estimate of drug-likeness (QED) is 0.337. The third-order valence-corrected chi connectivity index (χ3v) is 0.876. The first-order valence-corrected chi connectivity index (χ1v) is 2.58. The molecule has 0 unspecified atom stereocenters. The van der Waals surface area contributed by atoms with E-state index in [0.29, 0.717) is 5.76 Å². The van der Waals surface area contributed by atoms with Crippen LogP contribution >= 0.6 is 0 Å². The Balaban J connectivity index is 3.75. The first-order valence-electron chi connectivity index (χ1n) is 2.13. The molecule has 0 aromatic heterocycles. The van der Waals surface area contributed by atoms with Crippen LogP contribution in [0.3, 0.4) is 0 Å². The monoisotopic (exact) mass is 155 g/mol. The van der Waals surface area contributed by atoms with E-state index in [9.17, 15) is 4.79 Å². The van der Waals surface area contributed by atoms with Crippen LogP contribution in [0.2, 0.25) is 0 Å². The Hall–Kier alpha value is -0.271. The average Bonchev–Trinajstić information content (AvgIpc) is 1.65. The number of hydrogen-bond donors (Lipinski definition) is 0. The Morgan fingerprint density at radius 2 is 2.12 bits per heavy atom. The van der Waals surface area contributed by atoms with Gasteiger partial charge < -0.3 is 0 Å². The van der Waals surface area contributed by atoms with Crippen molar-refractivity contribution < 1.29 is 25.0 Å². The number of ketones is 1. The van der Waals surface area contributed by atoms with E-state index in [1.165, 1.54) is 13.0 Å². The molecule has 8 heavy (non-hydrogen) atoms. The summed E-state index contributed by atoms with van der Waals surface area (Å²) in [6.45, 7) is 3.14. The van der Waals surface area contributed by atoms with Crippen molar-refractivity contribution in [3.05, 3.63) is 11.8 Å². The summed E-state index contributed by atoms with van der Waals surface area (Å²) in [5.41, 5.74) is 0. The summed E-state index contributed by atoms with van der Waals surface area (Å²) in [7, 11) is 0. The van der Waals surface area contributed by atoms with E-state index >= 15 is 0 Å². The minimum atomic E-state index is -0.0221. The van der Waals surface area contributed by atoms with Crippen molar-refractivity contribution in [3.63, 3.8) is 0 Å². The Morgan fingerprint density at radius 3 is 2.25 bits per heavy atom. The molecular formula is C5H7FeO2. The third-order valence-electron chi connectivity index (χ3n) is 0.520. The molecule has 0 aromatic rings. The van der Waals surface area contributed by atoms with Crippen molar-refractivity contribution in [2.24, 2.45) is 0 Å². The third kappa shape index (κ3) is 3.90. The van der Waals surface area contributed by atoms with Crippen LogP contribution in [0.25, 0.3) is 0 Å². The maximum absolute atomic E-state index is 10.2. The fourth-order valence-corrected chi connectivity index (χ4v) is 0.372. The van der Waals surface area contributed by atoms with Crippen LogP contribution in [0.5, 0.6) is 0 Å². The van der Waals surface area contributed by atoms with Crippen molar-refractivity contribution in [3.8, 4) is 0 Å². The SMILES string of the molecule is CC(=O)/C=C(/C)[O][Fe]. The topological polar surface area (TPSA) is 26.3 Å². The van der Waals surface area contributed by atoms with Gasteiger partial charge in [-0.05, 0) is 0 Å². The zero-order valence-electron chi connectivity index (χ0n) is 4.75. The molecule has 0 fully saturated rings. The summed E-state index contributed by atoms with van der Waals surface area (Å²) in [6.07, 6.45) is 1.38. The molecule has 47 valence electrons. The van der Waals surface area contributed by atoms with Crippen molar-refractivity contribution in [1.82, 2.24) is 0 Å². The minimum absolute atomic E-state index is 0.0221. The average molecular weight is 155 g/mol. The molecule has 0 rings (SSSR count). The second-order valence-corrected chi connectivity index (χ2v) is 1.66. The Labute approximate surface area is 57.0 Å². The van der Waals surface area contributed by atoms with E-state index in [0.717, 1.165) is 0 Å². The molecule has 0 saturated heterocycles. The van der Waals surface area contributed by atoms with Gasteiger partial charge in [-0.15, -0.1) is 0 Å². The van der Waals surface area contributed by atoms with Gasteiger partial charge in [0.15, 0.2) is 0 Å². The molecular weight excluding hydrogens is 148 g/mol. The fourth-order valence-electron chi connectivity index (χ4n) is 0.307. The molecule has 0 amide bonds. The van der Waals surface area contributed by atoms with E-state index in [1.807, 2.05) is 0 Å². The summed E-state index contributed by atoms with van der Waals surface area (Å²) in [5.74, 6) is 0.517. The second kappa shape index (κ2) is 3.70. The second-order valence-electron chi connectivity index (χ2n) is 1.44. The van der Waals surface area contributed by atoms with E-state index in [4.69, 9.17) is 0 Å². The number of rotatable bonds is 2. The van der Waals surface area contributed by atoms with Crippen LogP contribution in [0, 0.1) is 0 Å². The molecule has 0 radical (unpaired) electrons. The van der Waals surface area contributed by atoms with Crippen molar-refractivity contribution in [2.45, 2.75) is 13.8 Å². The van der Waals surface area contributed by atoms with Gasteiger partial charge >= 0.3 is 56.4 Å². The van der Waals surface area contributed by atoms with Gasteiger partial charge in [-0.1, -0.05) is 0 Å². The summed E-state index contributed by atoms with van der Waals surface area (Å²) >= 11 is 3.12. The first-order chi connectivity index (χ1) is 3.66. The van der Waals surface area contributed by atoms with Gasteiger partial charge in [-0.3, -0.25) is 0 Å². The number of carbonyl (C=O) groups is 1. The molecule has 0 atom stereocenters. The number of carbonyl (C=O) groups excluding carboxylic acids is 1. The van der Waals surface area contributed by atoms with E-state index < -0.39 is 0 Å². The van der Waals surface area contributed by atoms with E-state index in [1.54, 1.807) is 6.92 Å². The van der Waals surface area contributed by atoms with Crippen LogP contribution in [0.4, 0.5) is 0 Å². The number of allylic oxidation sites excluding steroid dienone is 2. The van der Waals surface area contributed by atoms with Gasteiger partial charge in [-0.2, -0.15) is 0 Å². The van der Waals surface area contributed by atoms with Crippen LogP contribution < -0.4 is 0 Å². The number of hydrogen-bond acceptors (Lipinski definition) is 2. The van der Waals surface area contributed by atoms with Gasteiger partial charge in [0.25, 0.3) is 0 Å². The zero-order chi connectivity index (χ0) is 6.57. The molecule has 0 aliphatic carbocycles. The summed E-state index contributed by atoms with van der Waals surface area (Å²) in [6, 6.07) is 0. The van der Waals surface area contributed by atoms with Crippen molar-refractivity contribution in [1.29, 1.82) is 0 Å². The molecule has 0 aliphatic rings. The van der Waals surface area contributed by atoms with Gasteiger partial charge in [0, 0.05) is 0 Å². The molecule has 0 bridgehead atoms. The summed E-state index contributed by atoms with van der Waals surface area (Å²) in [4.78, 5) is 10.2. The van der Waals surface area contributed by atoms with Crippen LogP contribution in [-0.4, -0.2) is 5.78 Å². The van der Waals surface area contributed by atoms with Gasteiger partial charge in [0.1, 0.15) is 0 Å². The van der Waals surface area contributed by atoms with Gasteiger partial charge in [0.05, 0.1) is 0 Å². The molecule has 0 aliphatic heterocycles. The van der Waals surface area contributed by atoms with Gasteiger partial charge in [0.2, 0.25) is 0 Å². The van der Waals surface area contributed by atoms with Crippen LogP contribution in [0.1, 0.15) is 13.8 Å². The summed E-state index contributed by atoms with van der Waals surface area (Å²) in [5, 5.41) is 0. The van der Waals surface area contributed by atoms with Crippen molar-refractivity contribution >= 4 is 5.78 Å². The van der Waals surface area contributed by atoms with E-state index in [2.05, 4.69) is 20.2 Å². The standard InChI is InChI=1S/C5H8O2.Fe/c1-4(6)3-5(2)7;/h3,6H,1-2H3;/q;+1/p-1/b4-3-;. The molecule has 0 saturated carbocycles. The van der Waals surface area contributed by atoms with E-state index in [-0.39, 0.29) is 5.78 Å². The predicted octanol–water partition coefficient (Wildman–Crippen LogP) is 0.958. The summed E-state index contributed by atoms with van der Waals surface area (Å²) < 4.78 is 4.45. The van der Waals surface area contributed by atoms with Crippen molar-refractivity contribution in [2.75, 3.05) is 0 Å². The van der Waals surface area contributed by atoms with Gasteiger partial charge in [-0.25, -0.2) is 0 Å². The first kappa shape index (κ1) is 7.73. The Kier molecular flexibility index (Phi) is 3.57. The normalized spacial score (nSPS) is 11.1. The fraction of sp³-hybridized carbons (Fsp3) is 0.400. The molecule has 0 heterocycles. The maximum atomic E-state index is 10.2. The molecule has 0 N–H and O–H groups in total. The molecule has 0 aromatic carbocycles. The zero-order valence-corrected chi connectivity index (χ0v) is 5.85. The Bertz CT molecular complexity index is 118. The van der Waals surface area contributed by atoms with Crippen LogP contribution in [0.15, 0.2) is 11.8 Å². The molecule has 3 heteroatoms. The Morgan fingerprint density at radius 1 is 1.62 bits per heavy atom. The predicted molar refractivity (Wildman–Crippen MR) is 25.5 cm³/mol.